The fraction of sp³-hybridized carbons (Fsp3) is 0.650. The summed E-state index contributed by atoms with van der Waals surface area (Å²) in [4.78, 5) is 0. The Kier molecular flexibility index (Phi) is 23.8. The normalized spacial score (nSPS) is 23.7. The molecule has 0 N–H and O–H groups in total. The smallest absolute Gasteiger partial charge is 0 e. The van der Waals surface area contributed by atoms with Gasteiger partial charge in [0.05, 0.1) is 0 Å². The summed E-state index contributed by atoms with van der Waals surface area (Å²) in [5, 5.41) is 0. The molecule has 0 atom stereocenters. The maximum atomic E-state index is 3.12. The summed E-state index contributed by atoms with van der Waals surface area (Å²) in [6.07, 6.45) is 16.9. The summed E-state index contributed by atoms with van der Waals surface area (Å²) in [5.41, 5.74) is 1.51. The minimum atomic E-state index is 0. The molecule has 119 valence electrons. The molecule has 2 fully saturated rings. The van der Waals surface area contributed by atoms with Crippen LogP contribution in [0, 0.1) is 75.2 Å². The average molecular weight is 758 g/mol. The number of hydrogen-bond acceptors (Lipinski definition) is 0. The molecule has 0 bridgehead atoms. The van der Waals surface area contributed by atoms with Gasteiger partial charge in [0.15, 0.2) is 0 Å². The van der Waals surface area contributed by atoms with Gasteiger partial charge in [-0.25, -0.2) is 0 Å². The van der Waals surface area contributed by atoms with E-state index in [4.69, 9.17) is 0 Å². The molecule has 0 aliphatic heterocycles. The quantitative estimate of drug-likeness (QED) is 0.370. The van der Waals surface area contributed by atoms with Crippen LogP contribution in [0.2, 0.25) is 0 Å². The third-order valence-electron chi connectivity index (χ3n) is 5.50. The van der Waals surface area contributed by atoms with Crippen LogP contribution in [0.3, 0.4) is 0 Å². The molecule has 0 aromatic heterocycles. The van der Waals surface area contributed by atoms with E-state index in [-0.39, 0.29) is 169 Å². The first kappa shape index (κ1) is 30.9. The molecule has 0 heterocycles. The molecule has 2 aliphatic rings. The zero-order valence-corrected chi connectivity index (χ0v) is 32.0. The van der Waals surface area contributed by atoms with E-state index < -0.39 is 0 Å². The minimum absolute atomic E-state index is 0. The molecule has 24 heavy (non-hydrogen) atoms. The summed E-state index contributed by atoms with van der Waals surface area (Å²) < 4.78 is 0. The minimum Gasteiger partial charge on any atom is -0.328 e. The van der Waals surface area contributed by atoms with Crippen LogP contribution >= 0.6 is 0 Å². The number of benzene rings is 1. The van der Waals surface area contributed by atoms with Crippen molar-refractivity contribution < 1.29 is 110 Å². The Bertz CT molecular complexity index is 388. The van der Waals surface area contributed by atoms with E-state index in [0.29, 0.717) is 0 Å². The van der Waals surface area contributed by atoms with Crippen LogP contribution in [0.5, 0.6) is 0 Å². The fourth-order valence-electron chi connectivity index (χ4n) is 4.27. The van der Waals surface area contributed by atoms with Crippen LogP contribution in [0.1, 0.15) is 63.4 Å². The SMILES string of the molecule is [Ra].[Rb].[Y].[Y].[c-]1ccc(CC2CCC(CC3CC[CH-]CC3)CC2)cc1. The van der Waals surface area contributed by atoms with E-state index in [2.05, 4.69) is 36.8 Å². The molecule has 4 heteroatoms. The van der Waals surface area contributed by atoms with Crippen molar-refractivity contribution in [2.45, 2.75) is 64.2 Å². The van der Waals surface area contributed by atoms with Crippen molar-refractivity contribution in [1.82, 2.24) is 0 Å². The first-order valence-electron chi connectivity index (χ1n) is 8.67. The number of hydrogen-bond donors (Lipinski definition) is 0. The Morgan fingerprint density at radius 2 is 1.33 bits per heavy atom. The van der Waals surface area contributed by atoms with Crippen LogP contribution in [0.25, 0.3) is 0 Å². The van der Waals surface area contributed by atoms with E-state index in [9.17, 15) is 0 Å². The van der Waals surface area contributed by atoms with Crippen molar-refractivity contribution in [2.24, 2.45) is 17.8 Å². The molecular weight excluding hydrogens is 729 g/mol. The Balaban J connectivity index is 0. The van der Waals surface area contributed by atoms with Gasteiger partial charge in [0, 0.05) is 169 Å². The molecular formula is C20H28RaRbY2-2. The molecule has 2 aliphatic carbocycles. The Morgan fingerprint density at radius 1 is 0.833 bits per heavy atom. The van der Waals surface area contributed by atoms with Gasteiger partial charge in [-0.05, 0) is 43.4 Å². The average Bonchev–Trinajstić information content (AvgIpc) is 2.51. The van der Waals surface area contributed by atoms with E-state index in [1.807, 2.05) is 0 Å². The monoisotopic (exact) mass is 757 g/mol. The van der Waals surface area contributed by atoms with Crippen molar-refractivity contribution in [2.75, 3.05) is 0 Å². The van der Waals surface area contributed by atoms with Crippen LogP contribution in [0.15, 0.2) is 24.3 Å². The maximum Gasteiger partial charge on any atom is 0 e. The van der Waals surface area contributed by atoms with Gasteiger partial charge in [0.2, 0.25) is 0 Å². The summed E-state index contributed by atoms with van der Waals surface area (Å²) in [6.45, 7) is 0. The third-order valence-corrected chi connectivity index (χ3v) is 5.50. The van der Waals surface area contributed by atoms with Gasteiger partial charge in [-0.15, -0.1) is 0 Å². The molecule has 2 saturated carbocycles. The summed E-state index contributed by atoms with van der Waals surface area (Å²) in [7, 11) is 0. The fourth-order valence-corrected chi connectivity index (χ4v) is 4.27. The summed E-state index contributed by atoms with van der Waals surface area (Å²) >= 11 is 0. The summed E-state index contributed by atoms with van der Waals surface area (Å²) in [6, 6.07) is 11.7. The molecule has 0 spiro atoms. The van der Waals surface area contributed by atoms with Gasteiger partial charge < -0.3 is 6.42 Å². The molecule has 0 nitrogen and oxygen atoms in total. The van der Waals surface area contributed by atoms with Crippen molar-refractivity contribution >= 4 is 58.2 Å². The zero-order valence-electron chi connectivity index (χ0n) is 15.6. The maximum absolute atomic E-state index is 3.12. The van der Waals surface area contributed by atoms with Crippen LogP contribution in [-0.4, -0.2) is 58.2 Å². The first-order chi connectivity index (χ1) is 9.90. The largest absolute Gasteiger partial charge is 0.328 e. The molecule has 5 radical (unpaired) electrons. The predicted octanol–water partition coefficient (Wildman–Crippen LogP) is 5.23. The van der Waals surface area contributed by atoms with Gasteiger partial charge in [-0.1, -0.05) is 25.7 Å². The van der Waals surface area contributed by atoms with Crippen molar-refractivity contribution in [3.63, 3.8) is 0 Å². The Labute approximate surface area is 286 Å². The predicted molar refractivity (Wildman–Crippen MR) is 91.1 cm³/mol. The van der Waals surface area contributed by atoms with Gasteiger partial charge in [-0.2, -0.15) is 48.7 Å². The Morgan fingerprint density at radius 3 is 1.92 bits per heavy atom. The van der Waals surface area contributed by atoms with E-state index >= 15 is 0 Å². The van der Waals surface area contributed by atoms with E-state index in [1.165, 1.54) is 69.8 Å². The standard InChI is InChI=1S/C20H28.Ra.Rb.2Y/c1-3-7-17(8-4-1)15-19-11-13-20(14-12-19)16-18-9-5-2-6-10-18;;;;/h1,5-6,9-10,17,19-20H,3-4,7-8,11-16H2;;;;/q-2;;;;. The molecule has 3 rings (SSSR count). The van der Waals surface area contributed by atoms with Crippen molar-refractivity contribution in [1.29, 1.82) is 0 Å². The van der Waals surface area contributed by atoms with Gasteiger partial charge in [0.25, 0.3) is 0 Å². The van der Waals surface area contributed by atoms with Gasteiger partial charge in [-0.3, -0.25) is 0 Å². The van der Waals surface area contributed by atoms with Crippen molar-refractivity contribution in [3.8, 4) is 0 Å². The summed E-state index contributed by atoms with van der Waals surface area (Å²) in [5.74, 6) is 3.03. The molecule has 1 aromatic rings. The second kappa shape index (κ2) is 18.5. The van der Waals surface area contributed by atoms with E-state index in [1.54, 1.807) is 0 Å². The van der Waals surface area contributed by atoms with E-state index in [0.717, 1.165) is 17.8 Å². The second-order valence-electron chi connectivity index (χ2n) is 7.04. The second-order valence-corrected chi connectivity index (χ2v) is 7.04. The third kappa shape index (κ3) is 11.8. The van der Waals surface area contributed by atoms with Gasteiger partial charge >= 0.3 is 0 Å². The molecule has 0 unspecified atom stereocenters. The molecule has 1 aromatic carbocycles. The van der Waals surface area contributed by atoms with Crippen LogP contribution < -0.4 is 0 Å². The molecule has 0 saturated heterocycles. The van der Waals surface area contributed by atoms with Gasteiger partial charge in [0.1, 0.15) is 0 Å². The van der Waals surface area contributed by atoms with Crippen molar-refractivity contribution in [3.05, 3.63) is 42.3 Å². The Hall–Kier alpha value is 4.70. The molecule has 0 amide bonds. The first-order valence-corrected chi connectivity index (χ1v) is 8.67. The van der Waals surface area contributed by atoms with Crippen LogP contribution in [0.4, 0.5) is 0 Å². The van der Waals surface area contributed by atoms with Crippen LogP contribution in [-0.2, 0) is 71.8 Å². The zero-order chi connectivity index (χ0) is 13.6. The topological polar surface area (TPSA) is 0 Å². The number of rotatable bonds is 4.